The van der Waals surface area contributed by atoms with Gasteiger partial charge in [-0.05, 0) is 55.5 Å². The predicted octanol–water partition coefficient (Wildman–Crippen LogP) is 6.64. The zero-order valence-electron chi connectivity index (χ0n) is 18.0. The number of pyridine rings is 1. The quantitative estimate of drug-likeness (QED) is 0.398. The van der Waals surface area contributed by atoms with E-state index in [2.05, 4.69) is 4.98 Å². The normalized spacial score (nSPS) is 23.6. The van der Waals surface area contributed by atoms with E-state index in [1.165, 1.54) is 11.3 Å². The summed E-state index contributed by atoms with van der Waals surface area (Å²) in [7, 11) is 0. The zero-order chi connectivity index (χ0) is 23.1. The van der Waals surface area contributed by atoms with E-state index in [0.717, 1.165) is 27.5 Å². The van der Waals surface area contributed by atoms with Gasteiger partial charge in [0.25, 0.3) is 0 Å². The fourth-order valence-electron chi connectivity index (χ4n) is 4.01. The predicted molar refractivity (Wildman–Crippen MR) is 118 cm³/mol. The second-order valence-corrected chi connectivity index (χ2v) is 9.68. The largest absolute Gasteiger partial charge is 0.489 e. The third-order valence-corrected chi connectivity index (χ3v) is 7.23. The molecule has 0 saturated heterocycles. The maximum atomic E-state index is 14.2. The lowest BCUT2D eigenvalue weighted by Gasteiger charge is -2.37. The molecule has 2 heterocycles. The first kappa shape index (κ1) is 22.6. The molecule has 1 fully saturated rings. The highest BCUT2D eigenvalue weighted by Crippen LogP contribution is 2.53. The number of nitrogens with zero attached hydrogens (tertiary/aromatic N) is 1. The van der Waals surface area contributed by atoms with E-state index in [9.17, 15) is 18.0 Å². The van der Waals surface area contributed by atoms with E-state index < -0.39 is 35.7 Å². The summed E-state index contributed by atoms with van der Waals surface area (Å²) in [5.74, 6) is -0.759. The Kier molecular flexibility index (Phi) is 5.92. The van der Waals surface area contributed by atoms with Crippen molar-refractivity contribution in [2.75, 3.05) is 0 Å². The Bertz CT molecular complexity index is 1110. The fourth-order valence-corrected chi connectivity index (χ4v) is 5.09. The number of hydrogen-bond acceptors (Lipinski definition) is 5. The van der Waals surface area contributed by atoms with Crippen LogP contribution < -0.4 is 4.74 Å². The maximum Gasteiger partial charge on any atom is 0.401 e. The van der Waals surface area contributed by atoms with E-state index in [1.807, 2.05) is 24.3 Å². The molecule has 1 aliphatic rings. The number of carbonyl (C=O) groups is 1. The van der Waals surface area contributed by atoms with Crippen molar-refractivity contribution in [3.63, 3.8) is 0 Å². The van der Waals surface area contributed by atoms with Crippen LogP contribution in [0.2, 0.25) is 0 Å². The van der Waals surface area contributed by atoms with Crippen LogP contribution in [-0.2, 0) is 9.53 Å². The molecule has 0 aliphatic heterocycles. The smallest absolute Gasteiger partial charge is 0.401 e. The summed E-state index contributed by atoms with van der Waals surface area (Å²) in [6.07, 6.45) is -3.29. The van der Waals surface area contributed by atoms with Gasteiger partial charge >= 0.3 is 12.1 Å². The van der Waals surface area contributed by atoms with Gasteiger partial charge in [0.2, 0.25) is 0 Å². The number of esters is 1. The fraction of sp³-hybridized carbons (Fsp3) is 0.417. The van der Waals surface area contributed by atoms with Gasteiger partial charge in [0, 0.05) is 27.5 Å². The molecule has 32 heavy (non-hydrogen) atoms. The van der Waals surface area contributed by atoms with Gasteiger partial charge in [0.15, 0.2) is 0 Å². The Morgan fingerprint density at radius 2 is 1.94 bits per heavy atom. The minimum Gasteiger partial charge on any atom is -0.489 e. The van der Waals surface area contributed by atoms with Crippen LogP contribution in [0.25, 0.3) is 20.5 Å². The molecule has 1 saturated carbocycles. The van der Waals surface area contributed by atoms with Crippen molar-refractivity contribution in [1.82, 2.24) is 4.98 Å². The number of aromatic nitrogens is 1. The third kappa shape index (κ3) is 4.08. The number of halogens is 3. The highest BCUT2D eigenvalue weighted by molar-refractivity contribution is 7.22. The topological polar surface area (TPSA) is 48.4 Å². The molecule has 1 aromatic carbocycles. The number of ether oxygens (including phenoxy) is 2. The molecule has 4 nitrogen and oxygen atoms in total. The highest BCUT2D eigenvalue weighted by Gasteiger charge is 2.66. The van der Waals surface area contributed by atoms with E-state index in [0.29, 0.717) is 5.75 Å². The van der Waals surface area contributed by atoms with E-state index >= 15 is 0 Å². The number of thiophene rings is 1. The molecular weight excluding hydrogens is 439 g/mol. The molecule has 0 bridgehead atoms. The monoisotopic (exact) mass is 463 g/mol. The molecule has 0 amide bonds. The standard InChI is InChI=1S/C24H24F3NO3S/c1-14(2)22(29)31-21-9-8-20(23(21,3)24(25,26)27)30-17-7-6-15-11-18(32-19(15)12-17)16-5-4-10-28-13-16/h4-7,10-14,20-21H,8-9H2,1-3H3. The van der Waals surface area contributed by atoms with E-state index in [1.54, 1.807) is 38.4 Å². The average Bonchev–Trinajstić information content (AvgIpc) is 3.31. The minimum atomic E-state index is -4.59. The molecule has 0 radical (unpaired) electrons. The molecule has 2 aromatic heterocycles. The Balaban J connectivity index is 1.60. The number of fused-ring (bicyclic) bond motifs is 1. The van der Waals surface area contributed by atoms with Gasteiger partial charge in [-0.3, -0.25) is 9.78 Å². The van der Waals surface area contributed by atoms with Crippen molar-refractivity contribution in [3.8, 4) is 16.2 Å². The maximum absolute atomic E-state index is 14.2. The molecule has 170 valence electrons. The Hall–Kier alpha value is -2.61. The first-order valence-electron chi connectivity index (χ1n) is 10.5. The summed E-state index contributed by atoms with van der Waals surface area (Å²) < 4.78 is 54.6. The minimum absolute atomic E-state index is 0.103. The SMILES string of the molecule is CC(C)C(=O)OC1CCC(Oc2ccc3cc(-c4cccnc4)sc3c2)C1(C)C(F)(F)F. The van der Waals surface area contributed by atoms with Crippen molar-refractivity contribution >= 4 is 27.4 Å². The van der Waals surface area contributed by atoms with E-state index in [-0.39, 0.29) is 12.8 Å². The summed E-state index contributed by atoms with van der Waals surface area (Å²) in [6, 6.07) is 11.1. The molecule has 3 unspecified atom stereocenters. The van der Waals surface area contributed by atoms with Gasteiger partial charge in [-0.25, -0.2) is 0 Å². The Morgan fingerprint density at radius 1 is 1.19 bits per heavy atom. The second-order valence-electron chi connectivity index (χ2n) is 8.60. The number of hydrogen-bond donors (Lipinski definition) is 0. The summed E-state index contributed by atoms with van der Waals surface area (Å²) in [4.78, 5) is 17.2. The summed E-state index contributed by atoms with van der Waals surface area (Å²) in [6.45, 7) is 4.30. The van der Waals surface area contributed by atoms with Gasteiger partial charge < -0.3 is 9.47 Å². The number of alkyl halides is 3. The average molecular weight is 464 g/mol. The van der Waals surface area contributed by atoms with Crippen LogP contribution >= 0.6 is 11.3 Å². The Labute approximate surface area is 188 Å². The van der Waals surface area contributed by atoms with Gasteiger partial charge in [-0.1, -0.05) is 19.9 Å². The highest BCUT2D eigenvalue weighted by atomic mass is 32.1. The number of rotatable bonds is 5. The van der Waals surface area contributed by atoms with Crippen LogP contribution in [0.15, 0.2) is 48.8 Å². The van der Waals surface area contributed by atoms with E-state index in [4.69, 9.17) is 9.47 Å². The number of benzene rings is 1. The van der Waals surface area contributed by atoms with Crippen LogP contribution in [0, 0.1) is 11.3 Å². The molecule has 8 heteroatoms. The molecule has 1 aliphatic carbocycles. The van der Waals surface area contributed by atoms with Crippen molar-refractivity contribution in [2.24, 2.45) is 11.3 Å². The molecule has 0 spiro atoms. The Morgan fingerprint density at radius 3 is 2.59 bits per heavy atom. The second kappa shape index (κ2) is 8.39. The lowest BCUT2D eigenvalue weighted by atomic mass is 9.83. The van der Waals surface area contributed by atoms with Crippen LogP contribution in [0.5, 0.6) is 5.75 Å². The van der Waals surface area contributed by atoms with Crippen LogP contribution in [0.1, 0.15) is 33.6 Å². The van der Waals surface area contributed by atoms with Crippen molar-refractivity contribution < 1.29 is 27.4 Å². The molecule has 4 rings (SSSR count). The lowest BCUT2D eigenvalue weighted by Crippen LogP contribution is -2.52. The van der Waals surface area contributed by atoms with Gasteiger partial charge in [0.1, 0.15) is 23.4 Å². The van der Waals surface area contributed by atoms with Gasteiger partial charge in [0.05, 0.1) is 5.92 Å². The van der Waals surface area contributed by atoms with Crippen molar-refractivity contribution in [1.29, 1.82) is 0 Å². The summed E-state index contributed by atoms with van der Waals surface area (Å²) >= 11 is 1.53. The van der Waals surface area contributed by atoms with Crippen LogP contribution in [0.3, 0.4) is 0 Å². The molecular formula is C24H24F3NO3S. The van der Waals surface area contributed by atoms with Crippen molar-refractivity contribution in [2.45, 2.75) is 52.0 Å². The first-order valence-corrected chi connectivity index (χ1v) is 11.3. The molecule has 3 aromatic rings. The van der Waals surface area contributed by atoms with Crippen molar-refractivity contribution in [3.05, 3.63) is 48.8 Å². The van der Waals surface area contributed by atoms with Gasteiger partial charge in [-0.2, -0.15) is 13.2 Å². The first-order chi connectivity index (χ1) is 15.1. The molecule has 3 atom stereocenters. The van der Waals surface area contributed by atoms with Gasteiger partial charge in [-0.15, -0.1) is 11.3 Å². The van der Waals surface area contributed by atoms with Crippen LogP contribution in [0.4, 0.5) is 13.2 Å². The summed E-state index contributed by atoms with van der Waals surface area (Å²) in [5, 5.41) is 0.981. The summed E-state index contributed by atoms with van der Waals surface area (Å²) in [5.41, 5.74) is -1.31. The third-order valence-electron chi connectivity index (χ3n) is 6.09. The molecule has 0 N–H and O–H groups in total. The lowest BCUT2D eigenvalue weighted by molar-refractivity contribution is -0.264. The zero-order valence-corrected chi connectivity index (χ0v) is 18.8. The number of carbonyl (C=O) groups excluding carboxylic acids is 1. The van der Waals surface area contributed by atoms with Crippen LogP contribution in [-0.4, -0.2) is 29.3 Å².